The molecule has 1 amide bonds. The Balaban J connectivity index is 1.82. The van der Waals surface area contributed by atoms with E-state index >= 15 is 0 Å². The van der Waals surface area contributed by atoms with E-state index < -0.39 is 6.04 Å². The van der Waals surface area contributed by atoms with E-state index in [2.05, 4.69) is 22.6 Å². The largest absolute Gasteiger partial charge is 0.322 e. The highest BCUT2D eigenvalue weighted by atomic mass is 16.2. The average molecular weight is 234 g/mol. The Morgan fingerprint density at radius 3 is 2.94 bits per heavy atom. The lowest BCUT2D eigenvalue weighted by molar-refractivity contribution is -0.117. The number of aromatic nitrogens is 2. The maximum Gasteiger partial charge on any atom is 0.241 e. The van der Waals surface area contributed by atoms with Gasteiger partial charge in [0.05, 0.1) is 17.9 Å². The minimum Gasteiger partial charge on any atom is -0.322 e. The summed E-state index contributed by atoms with van der Waals surface area (Å²) in [6, 6.07) is -0.444. The zero-order valence-electron chi connectivity index (χ0n) is 9.97. The second-order valence-electron chi connectivity index (χ2n) is 4.54. The van der Waals surface area contributed by atoms with Crippen molar-refractivity contribution in [2.24, 2.45) is 18.7 Å². The predicted molar refractivity (Wildman–Crippen MR) is 66.3 cm³/mol. The minimum atomic E-state index is -0.444. The van der Waals surface area contributed by atoms with Crippen molar-refractivity contribution in [3.8, 4) is 0 Å². The first-order valence-corrected chi connectivity index (χ1v) is 5.85. The van der Waals surface area contributed by atoms with Crippen molar-refractivity contribution in [3.63, 3.8) is 0 Å². The second kappa shape index (κ2) is 5.14. The van der Waals surface area contributed by atoms with Gasteiger partial charge in [0.1, 0.15) is 0 Å². The molecule has 5 heteroatoms. The topological polar surface area (TPSA) is 72.9 Å². The van der Waals surface area contributed by atoms with Crippen LogP contribution in [-0.2, 0) is 11.8 Å². The Kier molecular flexibility index (Phi) is 3.58. The van der Waals surface area contributed by atoms with Gasteiger partial charge >= 0.3 is 0 Å². The molecule has 1 aliphatic carbocycles. The van der Waals surface area contributed by atoms with Crippen LogP contribution in [0.1, 0.15) is 19.3 Å². The molecule has 0 aliphatic heterocycles. The van der Waals surface area contributed by atoms with Gasteiger partial charge in [-0.3, -0.25) is 9.48 Å². The van der Waals surface area contributed by atoms with Crippen LogP contribution in [0, 0.1) is 5.92 Å². The fourth-order valence-corrected chi connectivity index (χ4v) is 2.05. The Morgan fingerprint density at radius 2 is 2.35 bits per heavy atom. The molecule has 0 spiro atoms. The molecule has 1 aliphatic rings. The fraction of sp³-hybridized carbons (Fsp3) is 0.500. The number of nitrogens with two attached hydrogens (primary N) is 1. The number of hydrogen-bond acceptors (Lipinski definition) is 3. The maximum absolute atomic E-state index is 11.8. The number of hydrogen-bond donors (Lipinski definition) is 2. The van der Waals surface area contributed by atoms with E-state index in [4.69, 9.17) is 5.73 Å². The normalized spacial score (nSPS) is 17.3. The minimum absolute atomic E-state index is 0.134. The third kappa shape index (κ3) is 3.17. The summed E-state index contributed by atoms with van der Waals surface area (Å²) >= 11 is 0. The Hall–Kier alpha value is -1.62. The van der Waals surface area contributed by atoms with Crippen molar-refractivity contribution in [2.45, 2.75) is 25.3 Å². The third-order valence-electron chi connectivity index (χ3n) is 3.00. The number of anilines is 1. The molecule has 92 valence electrons. The number of nitrogens with zero attached hydrogens (tertiary/aromatic N) is 2. The van der Waals surface area contributed by atoms with Gasteiger partial charge in [0.25, 0.3) is 0 Å². The van der Waals surface area contributed by atoms with Crippen molar-refractivity contribution in [3.05, 3.63) is 24.5 Å². The quantitative estimate of drug-likeness (QED) is 0.765. The van der Waals surface area contributed by atoms with Crippen LogP contribution in [0.25, 0.3) is 0 Å². The molecule has 17 heavy (non-hydrogen) atoms. The van der Waals surface area contributed by atoms with Crippen molar-refractivity contribution in [1.82, 2.24) is 9.78 Å². The Bertz CT molecular complexity index is 416. The molecule has 3 N–H and O–H groups in total. The molecule has 5 nitrogen and oxygen atoms in total. The fourth-order valence-electron chi connectivity index (χ4n) is 2.05. The summed E-state index contributed by atoms with van der Waals surface area (Å²) in [5.74, 6) is 0.384. The standard InChI is InChI=1S/C12H18N4O/c1-16-8-10(7-14-16)15-12(17)11(13)6-9-4-2-3-5-9/h2-3,7-9,11H,4-6,13H2,1H3,(H,15,17)/t11-/m0/s1. The van der Waals surface area contributed by atoms with Crippen LogP contribution >= 0.6 is 0 Å². The smallest absolute Gasteiger partial charge is 0.241 e. The highest BCUT2D eigenvalue weighted by Gasteiger charge is 2.20. The van der Waals surface area contributed by atoms with E-state index in [1.165, 1.54) is 0 Å². The summed E-state index contributed by atoms with van der Waals surface area (Å²) in [6.07, 6.45) is 10.5. The monoisotopic (exact) mass is 234 g/mol. The molecule has 1 heterocycles. The second-order valence-corrected chi connectivity index (χ2v) is 4.54. The first-order chi connectivity index (χ1) is 8.15. The number of aryl methyl sites for hydroxylation is 1. The molecule has 0 saturated heterocycles. The number of nitrogens with one attached hydrogen (secondary N) is 1. The molecule has 1 atom stereocenters. The summed E-state index contributed by atoms with van der Waals surface area (Å²) in [4.78, 5) is 11.8. The molecule has 2 rings (SSSR count). The van der Waals surface area contributed by atoms with E-state index in [0.717, 1.165) is 19.3 Å². The third-order valence-corrected chi connectivity index (χ3v) is 3.00. The SMILES string of the molecule is Cn1cc(NC(=O)[C@@H](N)CC2CC=CC2)cn1. The molecule has 1 aromatic rings. The van der Waals surface area contributed by atoms with Crippen molar-refractivity contribution < 1.29 is 4.79 Å². The van der Waals surface area contributed by atoms with Crippen molar-refractivity contribution in [1.29, 1.82) is 0 Å². The highest BCUT2D eigenvalue weighted by molar-refractivity contribution is 5.94. The molecule has 1 aromatic heterocycles. The summed E-state index contributed by atoms with van der Waals surface area (Å²) in [6.45, 7) is 0. The van der Waals surface area contributed by atoms with Crippen LogP contribution in [0.4, 0.5) is 5.69 Å². The first kappa shape index (κ1) is 11.9. The summed E-state index contributed by atoms with van der Waals surface area (Å²) in [7, 11) is 1.81. The Labute approximate surface area is 101 Å². The highest BCUT2D eigenvalue weighted by Crippen LogP contribution is 2.22. The van der Waals surface area contributed by atoms with Gasteiger partial charge in [-0.1, -0.05) is 12.2 Å². The molecule has 0 unspecified atom stereocenters. The number of carbonyl (C=O) groups excluding carboxylic acids is 1. The lowest BCUT2D eigenvalue weighted by atomic mass is 9.98. The summed E-state index contributed by atoms with van der Waals surface area (Å²) in [5.41, 5.74) is 6.58. The number of carbonyl (C=O) groups is 1. The molecule has 0 aromatic carbocycles. The van der Waals surface area contributed by atoms with E-state index in [-0.39, 0.29) is 5.91 Å². The number of rotatable bonds is 4. The Morgan fingerprint density at radius 1 is 1.65 bits per heavy atom. The van der Waals surface area contributed by atoms with Gasteiger partial charge in [0, 0.05) is 13.2 Å². The maximum atomic E-state index is 11.8. The van der Waals surface area contributed by atoms with Crippen LogP contribution in [0.15, 0.2) is 24.5 Å². The van der Waals surface area contributed by atoms with Crippen molar-refractivity contribution in [2.75, 3.05) is 5.32 Å². The molecule has 0 fully saturated rings. The van der Waals surface area contributed by atoms with Gasteiger partial charge in [-0.05, 0) is 25.2 Å². The zero-order chi connectivity index (χ0) is 12.3. The average Bonchev–Trinajstić information content (AvgIpc) is 2.90. The molecule has 0 radical (unpaired) electrons. The van der Waals surface area contributed by atoms with Gasteiger partial charge in [0.2, 0.25) is 5.91 Å². The number of amides is 1. The van der Waals surface area contributed by atoms with Crippen LogP contribution in [0.5, 0.6) is 0 Å². The molecule has 0 saturated carbocycles. The van der Waals surface area contributed by atoms with E-state index in [0.29, 0.717) is 11.6 Å². The lowest BCUT2D eigenvalue weighted by Crippen LogP contribution is -2.37. The van der Waals surface area contributed by atoms with E-state index in [9.17, 15) is 4.79 Å². The van der Waals surface area contributed by atoms with Gasteiger partial charge < -0.3 is 11.1 Å². The molecular weight excluding hydrogens is 216 g/mol. The molecule has 0 bridgehead atoms. The molecular formula is C12H18N4O. The van der Waals surface area contributed by atoms with Gasteiger partial charge in [0.15, 0.2) is 0 Å². The summed E-state index contributed by atoms with van der Waals surface area (Å²) in [5, 5.41) is 6.75. The van der Waals surface area contributed by atoms with Crippen LogP contribution in [-0.4, -0.2) is 21.7 Å². The van der Waals surface area contributed by atoms with Gasteiger partial charge in [-0.15, -0.1) is 0 Å². The lowest BCUT2D eigenvalue weighted by Gasteiger charge is -2.15. The first-order valence-electron chi connectivity index (χ1n) is 5.85. The van der Waals surface area contributed by atoms with Gasteiger partial charge in [-0.25, -0.2) is 0 Å². The summed E-state index contributed by atoms with van der Waals surface area (Å²) < 4.78 is 1.64. The number of allylic oxidation sites excluding steroid dienone is 2. The van der Waals surface area contributed by atoms with E-state index in [1.807, 2.05) is 0 Å². The van der Waals surface area contributed by atoms with Gasteiger partial charge in [-0.2, -0.15) is 5.10 Å². The van der Waals surface area contributed by atoms with Crippen LogP contribution < -0.4 is 11.1 Å². The van der Waals surface area contributed by atoms with Crippen molar-refractivity contribution >= 4 is 11.6 Å². The van der Waals surface area contributed by atoms with Crippen LogP contribution in [0.3, 0.4) is 0 Å². The van der Waals surface area contributed by atoms with E-state index in [1.54, 1.807) is 24.1 Å². The zero-order valence-corrected chi connectivity index (χ0v) is 9.97. The van der Waals surface area contributed by atoms with Crippen LogP contribution in [0.2, 0.25) is 0 Å². The predicted octanol–water partition coefficient (Wildman–Crippen LogP) is 1.04.